The first-order chi connectivity index (χ1) is 16.7. The average molecular weight is 493 g/mol. The lowest BCUT2D eigenvalue weighted by atomic mass is 9.78. The van der Waals surface area contributed by atoms with Gasteiger partial charge < -0.3 is 9.32 Å². The molecule has 8 heteroatoms. The van der Waals surface area contributed by atoms with Crippen LogP contribution < -0.4 is 0 Å². The minimum absolute atomic E-state index is 0.0651. The first-order valence-electron chi connectivity index (χ1n) is 12.1. The van der Waals surface area contributed by atoms with Crippen LogP contribution in [0.15, 0.2) is 52.5 Å². The number of nitrogens with zero attached hydrogens (tertiary/aromatic N) is 4. The Morgan fingerprint density at radius 2 is 1.88 bits per heavy atom. The molecule has 1 amide bonds. The summed E-state index contributed by atoms with van der Waals surface area (Å²) in [6.07, 6.45) is 6.05. The normalized spacial score (nSPS) is 21.8. The molecule has 0 bridgehead atoms. The van der Waals surface area contributed by atoms with Crippen LogP contribution in [0.1, 0.15) is 42.3 Å². The van der Waals surface area contributed by atoms with Gasteiger partial charge in [-0.25, -0.2) is 9.97 Å². The van der Waals surface area contributed by atoms with Gasteiger partial charge in [0.1, 0.15) is 0 Å². The molecule has 2 atom stereocenters. The number of carbonyl (C=O) groups excluding carboxylic acids is 1. The van der Waals surface area contributed by atoms with E-state index in [9.17, 15) is 4.79 Å². The molecule has 176 valence electrons. The molecular weight excluding hydrogens is 464 g/mol. The maximum atomic E-state index is 13.6. The molecule has 1 aliphatic heterocycles. The van der Waals surface area contributed by atoms with Crippen molar-refractivity contribution >= 4 is 38.8 Å². The predicted molar refractivity (Wildman–Crippen MR) is 136 cm³/mol. The van der Waals surface area contributed by atoms with E-state index in [1.165, 1.54) is 11.1 Å². The molecule has 34 heavy (non-hydrogen) atoms. The van der Waals surface area contributed by atoms with Crippen LogP contribution in [0, 0.1) is 5.92 Å². The van der Waals surface area contributed by atoms with Crippen molar-refractivity contribution in [3.63, 3.8) is 0 Å². The summed E-state index contributed by atoms with van der Waals surface area (Å²) in [6, 6.07) is 12.2. The first-order valence-corrected chi connectivity index (χ1v) is 13.8. The van der Waals surface area contributed by atoms with E-state index < -0.39 is 0 Å². The van der Waals surface area contributed by atoms with Crippen molar-refractivity contribution in [3.8, 4) is 10.8 Å². The molecule has 2 fully saturated rings. The van der Waals surface area contributed by atoms with E-state index in [4.69, 9.17) is 14.4 Å². The zero-order valence-corrected chi connectivity index (χ0v) is 20.7. The maximum Gasteiger partial charge on any atom is 0.226 e. The summed E-state index contributed by atoms with van der Waals surface area (Å²) >= 11 is 3.39. The Bertz CT molecular complexity index is 1220. The van der Waals surface area contributed by atoms with Crippen LogP contribution in [0.2, 0.25) is 0 Å². The molecule has 6 nitrogen and oxygen atoms in total. The summed E-state index contributed by atoms with van der Waals surface area (Å²) in [5, 5.41) is 4.18. The Balaban J connectivity index is 1.09. The molecule has 4 heterocycles. The van der Waals surface area contributed by atoms with E-state index in [0.717, 1.165) is 79.0 Å². The van der Waals surface area contributed by atoms with E-state index in [-0.39, 0.29) is 11.8 Å². The molecule has 6 rings (SSSR count). The van der Waals surface area contributed by atoms with Gasteiger partial charge in [-0.3, -0.25) is 9.69 Å². The van der Waals surface area contributed by atoms with E-state index in [1.807, 2.05) is 18.2 Å². The highest BCUT2D eigenvalue weighted by Gasteiger charge is 2.37. The van der Waals surface area contributed by atoms with Gasteiger partial charge in [0.15, 0.2) is 10.8 Å². The molecule has 4 aromatic rings. The summed E-state index contributed by atoms with van der Waals surface area (Å²) in [5.41, 5.74) is 2.13. The fraction of sp³-hybridized carbons (Fsp3) is 0.423. The Morgan fingerprint density at radius 1 is 1.03 bits per heavy atom. The molecule has 2 aliphatic rings. The SMILES string of the molecule is O=C(C1CCCCC1c1nc2ccccc2s1)N1CCN(Cc2csc(-c3ccco3)n2)CC1. The van der Waals surface area contributed by atoms with E-state index in [1.54, 1.807) is 28.9 Å². The van der Waals surface area contributed by atoms with E-state index in [2.05, 4.69) is 33.4 Å². The van der Waals surface area contributed by atoms with Crippen LogP contribution in [-0.4, -0.2) is 51.9 Å². The Kier molecular flexibility index (Phi) is 6.20. The van der Waals surface area contributed by atoms with Gasteiger partial charge in [-0.05, 0) is 37.1 Å². The molecule has 0 N–H and O–H groups in total. The van der Waals surface area contributed by atoms with Gasteiger partial charge >= 0.3 is 0 Å². The van der Waals surface area contributed by atoms with Crippen LogP contribution in [0.4, 0.5) is 0 Å². The second-order valence-electron chi connectivity index (χ2n) is 9.24. The minimum Gasteiger partial charge on any atom is -0.462 e. The third-order valence-corrected chi connectivity index (χ3v) is 9.14. The van der Waals surface area contributed by atoms with E-state index in [0.29, 0.717) is 5.91 Å². The highest BCUT2D eigenvalue weighted by Crippen LogP contribution is 2.41. The zero-order chi connectivity index (χ0) is 22.9. The van der Waals surface area contributed by atoms with Crippen molar-refractivity contribution < 1.29 is 9.21 Å². The maximum absolute atomic E-state index is 13.6. The van der Waals surface area contributed by atoms with Crippen molar-refractivity contribution in [2.75, 3.05) is 26.2 Å². The Labute approximate surface area is 207 Å². The zero-order valence-electron chi connectivity index (χ0n) is 19.1. The lowest BCUT2D eigenvalue weighted by Crippen LogP contribution is -2.51. The quantitative estimate of drug-likeness (QED) is 0.361. The minimum atomic E-state index is 0.0651. The van der Waals surface area contributed by atoms with Gasteiger partial charge in [-0.2, -0.15) is 0 Å². The number of rotatable bonds is 5. The summed E-state index contributed by atoms with van der Waals surface area (Å²) in [6.45, 7) is 4.17. The highest BCUT2D eigenvalue weighted by atomic mass is 32.1. The number of aromatic nitrogens is 2. The van der Waals surface area contributed by atoms with Gasteiger partial charge in [0.05, 0.1) is 27.2 Å². The molecule has 1 saturated heterocycles. The van der Waals surface area contributed by atoms with E-state index >= 15 is 0 Å². The highest BCUT2D eigenvalue weighted by molar-refractivity contribution is 7.18. The molecule has 2 unspecified atom stereocenters. The third kappa shape index (κ3) is 4.42. The molecule has 0 spiro atoms. The third-order valence-electron chi connectivity index (χ3n) is 7.06. The standard InChI is InChI=1S/C26H28N4O2S2/c31-26(20-7-2-1-6-19(20)24-28-21-8-3-4-10-23(21)34-24)30-13-11-29(12-14-30)16-18-17-33-25(27-18)22-9-5-15-32-22/h3-5,8-10,15,17,19-20H,1-2,6-7,11-14,16H2. The molecule has 1 aromatic carbocycles. The number of thiazole rings is 2. The van der Waals surface area contributed by atoms with Crippen molar-refractivity contribution in [1.82, 2.24) is 19.8 Å². The summed E-state index contributed by atoms with van der Waals surface area (Å²) in [5.74, 6) is 1.47. The van der Waals surface area contributed by atoms with Crippen molar-refractivity contribution in [2.24, 2.45) is 5.92 Å². The van der Waals surface area contributed by atoms with Crippen molar-refractivity contribution in [2.45, 2.75) is 38.1 Å². The van der Waals surface area contributed by atoms with Crippen LogP contribution in [0.25, 0.3) is 21.0 Å². The van der Waals surface area contributed by atoms with Crippen molar-refractivity contribution in [1.29, 1.82) is 0 Å². The van der Waals surface area contributed by atoms with Crippen molar-refractivity contribution in [3.05, 3.63) is 58.7 Å². The van der Waals surface area contributed by atoms with Gasteiger partial charge in [-0.15, -0.1) is 22.7 Å². The number of carbonyl (C=O) groups is 1. The van der Waals surface area contributed by atoms with Crippen LogP contribution in [0.3, 0.4) is 0 Å². The second-order valence-corrected chi connectivity index (χ2v) is 11.2. The molecule has 1 aliphatic carbocycles. The monoisotopic (exact) mass is 492 g/mol. The molecule has 1 saturated carbocycles. The predicted octanol–water partition coefficient (Wildman–Crippen LogP) is 5.63. The van der Waals surface area contributed by atoms with Gasteiger partial charge in [0.25, 0.3) is 0 Å². The molecular formula is C26H28N4O2S2. The first kappa shape index (κ1) is 21.9. The average Bonchev–Trinajstić information content (AvgIpc) is 3.64. The molecule has 3 aromatic heterocycles. The molecule has 0 radical (unpaired) electrons. The lowest BCUT2D eigenvalue weighted by Gasteiger charge is -2.38. The topological polar surface area (TPSA) is 62.5 Å². The fourth-order valence-electron chi connectivity index (χ4n) is 5.25. The number of furan rings is 1. The second kappa shape index (κ2) is 9.60. The number of piperazine rings is 1. The lowest BCUT2D eigenvalue weighted by molar-refractivity contribution is -0.139. The summed E-state index contributed by atoms with van der Waals surface area (Å²) < 4.78 is 6.69. The van der Waals surface area contributed by atoms with Gasteiger partial charge in [0.2, 0.25) is 5.91 Å². The number of benzene rings is 1. The van der Waals surface area contributed by atoms with Crippen LogP contribution in [-0.2, 0) is 11.3 Å². The van der Waals surface area contributed by atoms with Crippen LogP contribution >= 0.6 is 22.7 Å². The number of para-hydroxylation sites is 1. The fourth-order valence-corrected chi connectivity index (χ4v) is 7.20. The summed E-state index contributed by atoms with van der Waals surface area (Å²) in [7, 11) is 0. The van der Waals surface area contributed by atoms with Gasteiger partial charge in [-0.1, -0.05) is 25.0 Å². The van der Waals surface area contributed by atoms with Crippen LogP contribution in [0.5, 0.6) is 0 Å². The number of hydrogen-bond donors (Lipinski definition) is 0. The number of hydrogen-bond acceptors (Lipinski definition) is 7. The number of fused-ring (bicyclic) bond motifs is 1. The summed E-state index contributed by atoms with van der Waals surface area (Å²) in [4.78, 5) is 27.8. The smallest absolute Gasteiger partial charge is 0.226 e. The largest absolute Gasteiger partial charge is 0.462 e. The Hall–Kier alpha value is -2.55. The Morgan fingerprint density at radius 3 is 2.71 bits per heavy atom. The van der Waals surface area contributed by atoms with Gasteiger partial charge in [0, 0.05) is 49.9 Å². The number of amides is 1.